The van der Waals surface area contributed by atoms with E-state index in [1.54, 1.807) is 19.2 Å². The lowest BCUT2D eigenvalue weighted by atomic mass is 10.1. The quantitative estimate of drug-likeness (QED) is 0.582. The molecular weight excluding hydrogens is 332 g/mol. The Hall–Kier alpha value is -3.02. The highest BCUT2D eigenvalue weighted by molar-refractivity contribution is 5.83. The molecule has 26 heavy (non-hydrogen) atoms. The minimum atomic E-state index is -0.333. The number of carbonyl (C=O) groups excluding carboxylic acids is 1. The molecule has 1 N–H and O–H groups in total. The van der Waals surface area contributed by atoms with E-state index >= 15 is 0 Å². The summed E-state index contributed by atoms with van der Waals surface area (Å²) in [6.07, 6.45) is 1.54. The van der Waals surface area contributed by atoms with Crippen molar-refractivity contribution in [3.05, 3.63) is 53.1 Å². The molecule has 0 spiro atoms. The number of ether oxygens (including phenoxy) is 3. The predicted molar refractivity (Wildman–Crippen MR) is 101 cm³/mol. The van der Waals surface area contributed by atoms with Crippen LogP contribution in [-0.2, 0) is 4.79 Å². The van der Waals surface area contributed by atoms with Gasteiger partial charge in [-0.15, -0.1) is 0 Å². The SMILES string of the molecule is CCOc1ccc(C=NNC(=O)COc2cccc(C)c2C)cc1OC. The molecule has 6 nitrogen and oxygen atoms in total. The summed E-state index contributed by atoms with van der Waals surface area (Å²) < 4.78 is 16.3. The number of amides is 1. The maximum absolute atomic E-state index is 11.9. The average Bonchev–Trinajstić information content (AvgIpc) is 2.64. The first-order chi connectivity index (χ1) is 12.5. The number of hydrogen-bond acceptors (Lipinski definition) is 5. The maximum atomic E-state index is 11.9. The van der Waals surface area contributed by atoms with E-state index in [1.165, 1.54) is 6.21 Å². The van der Waals surface area contributed by atoms with Gasteiger partial charge in [0.1, 0.15) is 5.75 Å². The Morgan fingerprint density at radius 2 is 1.92 bits per heavy atom. The Labute approximate surface area is 153 Å². The minimum absolute atomic E-state index is 0.103. The number of hydrazone groups is 1. The highest BCUT2D eigenvalue weighted by Gasteiger charge is 2.06. The van der Waals surface area contributed by atoms with Gasteiger partial charge in [-0.05, 0) is 61.7 Å². The summed E-state index contributed by atoms with van der Waals surface area (Å²) in [4.78, 5) is 11.9. The molecule has 0 heterocycles. The van der Waals surface area contributed by atoms with Crippen LogP contribution in [0.3, 0.4) is 0 Å². The van der Waals surface area contributed by atoms with Gasteiger partial charge >= 0.3 is 0 Å². The van der Waals surface area contributed by atoms with E-state index in [-0.39, 0.29) is 12.5 Å². The molecule has 0 aromatic heterocycles. The van der Waals surface area contributed by atoms with Gasteiger partial charge in [-0.1, -0.05) is 12.1 Å². The zero-order valence-electron chi connectivity index (χ0n) is 15.5. The highest BCUT2D eigenvalue weighted by atomic mass is 16.5. The van der Waals surface area contributed by atoms with Gasteiger partial charge in [-0.2, -0.15) is 5.10 Å². The van der Waals surface area contributed by atoms with Crippen molar-refractivity contribution in [2.75, 3.05) is 20.3 Å². The normalized spacial score (nSPS) is 10.6. The van der Waals surface area contributed by atoms with Crippen LogP contribution in [0.15, 0.2) is 41.5 Å². The fraction of sp³-hybridized carbons (Fsp3) is 0.300. The molecule has 0 radical (unpaired) electrons. The van der Waals surface area contributed by atoms with Crippen molar-refractivity contribution in [3.63, 3.8) is 0 Å². The number of carbonyl (C=O) groups is 1. The third kappa shape index (κ3) is 5.24. The van der Waals surface area contributed by atoms with Gasteiger partial charge in [0.2, 0.25) is 0 Å². The summed E-state index contributed by atoms with van der Waals surface area (Å²) in [5.74, 6) is 1.64. The van der Waals surface area contributed by atoms with Crippen molar-refractivity contribution >= 4 is 12.1 Å². The largest absolute Gasteiger partial charge is 0.493 e. The summed E-state index contributed by atoms with van der Waals surface area (Å²) in [7, 11) is 1.57. The van der Waals surface area contributed by atoms with Gasteiger partial charge in [-0.3, -0.25) is 4.79 Å². The topological polar surface area (TPSA) is 69.2 Å². The van der Waals surface area contributed by atoms with Crippen molar-refractivity contribution in [1.82, 2.24) is 5.43 Å². The monoisotopic (exact) mass is 356 g/mol. The molecule has 0 aliphatic rings. The molecule has 0 bridgehead atoms. The Bertz CT molecular complexity index is 787. The number of nitrogens with zero attached hydrogens (tertiary/aromatic N) is 1. The van der Waals surface area contributed by atoms with Gasteiger partial charge in [0, 0.05) is 0 Å². The molecule has 2 aromatic carbocycles. The third-order valence-corrected chi connectivity index (χ3v) is 3.80. The predicted octanol–water partition coefficient (Wildman–Crippen LogP) is 3.24. The van der Waals surface area contributed by atoms with Crippen LogP contribution in [0.2, 0.25) is 0 Å². The maximum Gasteiger partial charge on any atom is 0.277 e. The first-order valence-corrected chi connectivity index (χ1v) is 8.37. The number of methoxy groups -OCH3 is 1. The Morgan fingerprint density at radius 1 is 1.12 bits per heavy atom. The second kappa shape index (κ2) is 9.46. The van der Waals surface area contributed by atoms with Gasteiger partial charge in [0.05, 0.1) is 19.9 Å². The van der Waals surface area contributed by atoms with Gasteiger partial charge in [0.15, 0.2) is 18.1 Å². The zero-order chi connectivity index (χ0) is 18.9. The summed E-state index contributed by atoms with van der Waals surface area (Å²) in [6.45, 7) is 6.32. The van der Waals surface area contributed by atoms with Crippen molar-refractivity contribution in [1.29, 1.82) is 0 Å². The number of aryl methyl sites for hydroxylation is 1. The van der Waals surface area contributed by atoms with Crippen molar-refractivity contribution in [2.24, 2.45) is 5.10 Å². The fourth-order valence-corrected chi connectivity index (χ4v) is 2.27. The number of rotatable bonds is 8. The van der Waals surface area contributed by atoms with Crippen LogP contribution in [0.4, 0.5) is 0 Å². The lowest BCUT2D eigenvalue weighted by molar-refractivity contribution is -0.123. The molecule has 0 aliphatic heterocycles. The van der Waals surface area contributed by atoms with Crippen molar-refractivity contribution in [3.8, 4) is 17.2 Å². The zero-order valence-corrected chi connectivity index (χ0v) is 15.5. The summed E-state index contributed by atoms with van der Waals surface area (Å²) in [6, 6.07) is 11.1. The van der Waals surface area contributed by atoms with E-state index in [4.69, 9.17) is 14.2 Å². The average molecular weight is 356 g/mol. The molecule has 0 aliphatic carbocycles. The number of hydrogen-bond donors (Lipinski definition) is 1. The molecule has 0 atom stereocenters. The second-order valence-corrected chi connectivity index (χ2v) is 5.62. The second-order valence-electron chi connectivity index (χ2n) is 5.62. The van der Waals surface area contributed by atoms with Crippen LogP contribution < -0.4 is 19.6 Å². The van der Waals surface area contributed by atoms with E-state index in [9.17, 15) is 4.79 Å². The summed E-state index contributed by atoms with van der Waals surface area (Å²) >= 11 is 0. The first-order valence-electron chi connectivity index (χ1n) is 8.37. The van der Waals surface area contributed by atoms with E-state index < -0.39 is 0 Å². The first kappa shape index (κ1) is 19.3. The molecule has 0 saturated carbocycles. The Balaban J connectivity index is 1.89. The smallest absolute Gasteiger partial charge is 0.277 e. The van der Waals surface area contributed by atoms with Crippen LogP contribution in [0.1, 0.15) is 23.6 Å². The van der Waals surface area contributed by atoms with Crippen LogP contribution in [0, 0.1) is 13.8 Å². The molecule has 6 heteroatoms. The summed E-state index contributed by atoms with van der Waals surface area (Å²) in [5.41, 5.74) is 5.36. The standard InChI is InChI=1S/C20H24N2O4/c1-5-25-18-10-9-16(11-19(18)24-4)12-21-22-20(23)13-26-17-8-6-7-14(2)15(17)3/h6-12H,5,13H2,1-4H3,(H,22,23). The third-order valence-electron chi connectivity index (χ3n) is 3.80. The molecule has 0 saturated heterocycles. The van der Waals surface area contributed by atoms with Crippen LogP contribution in [-0.4, -0.2) is 32.4 Å². The lowest BCUT2D eigenvalue weighted by Crippen LogP contribution is -2.24. The van der Waals surface area contributed by atoms with Crippen molar-refractivity contribution < 1.29 is 19.0 Å². The van der Waals surface area contributed by atoms with Crippen molar-refractivity contribution in [2.45, 2.75) is 20.8 Å². The molecule has 0 unspecified atom stereocenters. The molecule has 0 fully saturated rings. The van der Waals surface area contributed by atoms with Gasteiger partial charge in [0.25, 0.3) is 5.91 Å². The van der Waals surface area contributed by atoms with Crippen LogP contribution >= 0.6 is 0 Å². The molecule has 2 aromatic rings. The van der Waals surface area contributed by atoms with Crippen LogP contribution in [0.5, 0.6) is 17.2 Å². The van der Waals surface area contributed by atoms with E-state index in [1.807, 2.05) is 45.0 Å². The Morgan fingerprint density at radius 3 is 2.65 bits per heavy atom. The molecule has 2 rings (SSSR count). The fourth-order valence-electron chi connectivity index (χ4n) is 2.27. The van der Waals surface area contributed by atoms with Crippen LogP contribution in [0.25, 0.3) is 0 Å². The summed E-state index contributed by atoms with van der Waals surface area (Å²) in [5, 5.41) is 3.94. The highest BCUT2D eigenvalue weighted by Crippen LogP contribution is 2.27. The van der Waals surface area contributed by atoms with E-state index in [2.05, 4.69) is 10.5 Å². The lowest BCUT2D eigenvalue weighted by Gasteiger charge is -2.10. The van der Waals surface area contributed by atoms with E-state index in [0.717, 1.165) is 16.7 Å². The molecular formula is C20H24N2O4. The van der Waals surface area contributed by atoms with Gasteiger partial charge < -0.3 is 14.2 Å². The molecule has 1 amide bonds. The number of benzene rings is 2. The Kier molecular flexibility index (Phi) is 7.02. The number of nitrogens with one attached hydrogen (secondary N) is 1. The van der Waals surface area contributed by atoms with Gasteiger partial charge in [-0.25, -0.2) is 5.43 Å². The van der Waals surface area contributed by atoms with E-state index in [0.29, 0.717) is 23.9 Å². The molecule has 138 valence electrons. The minimum Gasteiger partial charge on any atom is -0.493 e.